The highest BCUT2D eigenvalue weighted by Gasteiger charge is 2.30. The van der Waals surface area contributed by atoms with Crippen molar-refractivity contribution in [3.8, 4) is 0 Å². The third-order valence-electron chi connectivity index (χ3n) is 3.63. The molecule has 0 radical (unpaired) electrons. The van der Waals surface area contributed by atoms with Crippen molar-refractivity contribution in [2.75, 3.05) is 39.5 Å². The second-order valence-electron chi connectivity index (χ2n) is 5.09. The van der Waals surface area contributed by atoms with Gasteiger partial charge in [-0.15, -0.1) is 0 Å². The van der Waals surface area contributed by atoms with Gasteiger partial charge in [0.15, 0.2) is 0 Å². The van der Waals surface area contributed by atoms with Crippen LogP contribution in [0.5, 0.6) is 0 Å². The van der Waals surface area contributed by atoms with Crippen LogP contribution in [0.4, 0.5) is 0 Å². The number of hydrogen-bond acceptors (Lipinski definition) is 4. The molecule has 1 saturated carbocycles. The molecule has 0 bridgehead atoms. The first-order valence-electron chi connectivity index (χ1n) is 6.83. The first-order valence-corrected chi connectivity index (χ1v) is 6.83. The number of rotatable bonds is 9. The number of hydrogen-bond donors (Lipinski definition) is 3. The van der Waals surface area contributed by atoms with Gasteiger partial charge in [0.2, 0.25) is 0 Å². The SMILES string of the molecule is OCCOCCCNCC1(CO)CCCCC1. The monoisotopic (exact) mass is 245 g/mol. The lowest BCUT2D eigenvalue weighted by atomic mass is 9.74. The standard InChI is InChI=1S/C13H27NO3/c15-8-10-17-9-4-7-14-11-13(12-16)5-2-1-3-6-13/h14-16H,1-12H2. The Labute approximate surface area is 104 Å². The second kappa shape index (κ2) is 8.86. The molecule has 0 atom stereocenters. The van der Waals surface area contributed by atoms with Gasteiger partial charge in [-0.3, -0.25) is 0 Å². The Morgan fingerprint density at radius 2 is 1.82 bits per heavy atom. The quantitative estimate of drug-likeness (QED) is 0.529. The van der Waals surface area contributed by atoms with Crippen LogP contribution in [0, 0.1) is 5.41 Å². The summed E-state index contributed by atoms with van der Waals surface area (Å²) in [6.45, 7) is 3.37. The highest BCUT2D eigenvalue weighted by molar-refractivity contribution is 4.84. The number of aliphatic hydroxyl groups excluding tert-OH is 2. The Bertz CT molecular complexity index is 182. The summed E-state index contributed by atoms with van der Waals surface area (Å²) >= 11 is 0. The highest BCUT2D eigenvalue weighted by atomic mass is 16.5. The van der Waals surface area contributed by atoms with Gasteiger partial charge in [0.05, 0.1) is 13.2 Å². The molecule has 0 aromatic carbocycles. The number of nitrogens with one attached hydrogen (secondary N) is 1. The van der Waals surface area contributed by atoms with E-state index in [1.165, 1.54) is 19.3 Å². The van der Waals surface area contributed by atoms with Crippen molar-refractivity contribution < 1.29 is 14.9 Å². The van der Waals surface area contributed by atoms with Crippen molar-refractivity contribution in [3.05, 3.63) is 0 Å². The highest BCUT2D eigenvalue weighted by Crippen LogP contribution is 2.35. The van der Waals surface area contributed by atoms with Gasteiger partial charge in [0.25, 0.3) is 0 Å². The fraction of sp³-hybridized carbons (Fsp3) is 1.00. The van der Waals surface area contributed by atoms with Crippen LogP contribution in [-0.4, -0.2) is 49.7 Å². The summed E-state index contributed by atoms with van der Waals surface area (Å²) in [6.07, 6.45) is 7.08. The molecule has 0 aliphatic heterocycles. The minimum Gasteiger partial charge on any atom is -0.396 e. The van der Waals surface area contributed by atoms with Crippen molar-refractivity contribution in [2.45, 2.75) is 38.5 Å². The van der Waals surface area contributed by atoms with Crippen molar-refractivity contribution in [3.63, 3.8) is 0 Å². The van der Waals surface area contributed by atoms with Gasteiger partial charge < -0.3 is 20.3 Å². The van der Waals surface area contributed by atoms with Gasteiger partial charge >= 0.3 is 0 Å². The van der Waals surface area contributed by atoms with Crippen LogP contribution >= 0.6 is 0 Å². The molecule has 0 aromatic rings. The van der Waals surface area contributed by atoms with Gasteiger partial charge in [-0.1, -0.05) is 19.3 Å². The summed E-state index contributed by atoms with van der Waals surface area (Å²) in [5.74, 6) is 0. The average molecular weight is 245 g/mol. The fourth-order valence-corrected chi connectivity index (χ4v) is 2.51. The molecule has 3 N–H and O–H groups in total. The maximum Gasteiger partial charge on any atom is 0.0697 e. The molecule has 4 nitrogen and oxygen atoms in total. The summed E-state index contributed by atoms with van der Waals surface area (Å²) < 4.78 is 5.19. The summed E-state index contributed by atoms with van der Waals surface area (Å²) in [7, 11) is 0. The Kier molecular flexibility index (Phi) is 7.77. The van der Waals surface area contributed by atoms with Gasteiger partial charge in [0, 0.05) is 25.2 Å². The number of ether oxygens (including phenoxy) is 1. The zero-order chi connectivity index (χ0) is 12.4. The number of aliphatic hydroxyl groups is 2. The largest absolute Gasteiger partial charge is 0.396 e. The molecule has 17 heavy (non-hydrogen) atoms. The first-order chi connectivity index (χ1) is 8.33. The van der Waals surface area contributed by atoms with E-state index in [-0.39, 0.29) is 12.0 Å². The van der Waals surface area contributed by atoms with Crippen molar-refractivity contribution in [2.24, 2.45) is 5.41 Å². The summed E-state index contributed by atoms with van der Waals surface area (Å²) in [5, 5.41) is 21.5. The minimum absolute atomic E-state index is 0.0983. The lowest BCUT2D eigenvalue weighted by Gasteiger charge is -2.35. The molecule has 0 aromatic heterocycles. The van der Waals surface area contributed by atoms with Crippen LogP contribution in [-0.2, 0) is 4.74 Å². The Hall–Kier alpha value is -0.160. The van der Waals surface area contributed by atoms with Crippen LogP contribution in [0.3, 0.4) is 0 Å². The molecule has 0 spiro atoms. The molecule has 4 heteroatoms. The van der Waals surface area contributed by atoms with E-state index < -0.39 is 0 Å². The van der Waals surface area contributed by atoms with Crippen LogP contribution in [0.1, 0.15) is 38.5 Å². The fourth-order valence-electron chi connectivity index (χ4n) is 2.51. The average Bonchev–Trinajstić information content (AvgIpc) is 2.39. The first kappa shape index (κ1) is 14.9. The Morgan fingerprint density at radius 3 is 2.47 bits per heavy atom. The lowest BCUT2D eigenvalue weighted by molar-refractivity contribution is 0.0764. The molecule has 102 valence electrons. The summed E-state index contributed by atoms with van der Waals surface area (Å²) in [6, 6.07) is 0. The molecule has 0 heterocycles. The van der Waals surface area contributed by atoms with Crippen LogP contribution in [0.2, 0.25) is 0 Å². The molecule has 0 unspecified atom stereocenters. The zero-order valence-corrected chi connectivity index (χ0v) is 10.8. The van der Waals surface area contributed by atoms with Crippen molar-refractivity contribution >= 4 is 0 Å². The molecule has 1 fully saturated rings. The van der Waals surface area contributed by atoms with E-state index >= 15 is 0 Å². The van der Waals surface area contributed by atoms with Crippen LogP contribution < -0.4 is 5.32 Å². The smallest absolute Gasteiger partial charge is 0.0697 e. The van der Waals surface area contributed by atoms with E-state index in [0.717, 1.165) is 32.4 Å². The second-order valence-corrected chi connectivity index (χ2v) is 5.09. The molecule has 0 saturated heterocycles. The summed E-state index contributed by atoms with van der Waals surface area (Å²) in [4.78, 5) is 0. The molecule has 1 aliphatic rings. The minimum atomic E-state index is 0.0983. The van der Waals surface area contributed by atoms with E-state index in [4.69, 9.17) is 9.84 Å². The maximum atomic E-state index is 9.52. The summed E-state index contributed by atoms with van der Waals surface area (Å²) in [5.41, 5.74) is 0.129. The topological polar surface area (TPSA) is 61.7 Å². The third kappa shape index (κ3) is 5.82. The normalized spacial score (nSPS) is 19.4. The lowest BCUT2D eigenvalue weighted by Crippen LogP contribution is -2.39. The van der Waals surface area contributed by atoms with E-state index in [9.17, 15) is 5.11 Å². The van der Waals surface area contributed by atoms with E-state index in [0.29, 0.717) is 19.8 Å². The molecular formula is C13H27NO3. The zero-order valence-electron chi connectivity index (χ0n) is 10.8. The molecule has 1 rings (SSSR count). The third-order valence-corrected chi connectivity index (χ3v) is 3.63. The predicted molar refractivity (Wildman–Crippen MR) is 68.0 cm³/mol. The Morgan fingerprint density at radius 1 is 1.06 bits per heavy atom. The van der Waals surface area contributed by atoms with Crippen molar-refractivity contribution in [1.82, 2.24) is 5.32 Å². The molecule has 0 amide bonds. The predicted octanol–water partition coefficient (Wildman–Crippen LogP) is 0.918. The molecular weight excluding hydrogens is 218 g/mol. The van der Waals surface area contributed by atoms with Crippen LogP contribution in [0.15, 0.2) is 0 Å². The van der Waals surface area contributed by atoms with Gasteiger partial charge in [-0.25, -0.2) is 0 Å². The van der Waals surface area contributed by atoms with Gasteiger partial charge in [0.1, 0.15) is 0 Å². The van der Waals surface area contributed by atoms with E-state index in [1.54, 1.807) is 0 Å². The molecule has 1 aliphatic carbocycles. The Balaban J connectivity index is 2.03. The van der Waals surface area contributed by atoms with Gasteiger partial charge in [-0.2, -0.15) is 0 Å². The van der Waals surface area contributed by atoms with Crippen LogP contribution in [0.25, 0.3) is 0 Å². The van der Waals surface area contributed by atoms with E-state index in [2.05, 4.69) is 5.32 Å². The van der Waals surface area contributed by atoms with Crippen molar-refractivity contribution in [1.29, 1.82) is 0 Å². The van der Waals surface area contributed by atoms with E-state index in [1.807, 2.05) is 0 Å². The maximum absolute atomic E-state index is 9.52. The van der Waals surface area contributed by atoms with Gasteiger partial charge in [-0.05, 0) is 25.8 Å².